The second-order valence-corrected chi connectivity index (χ2v) is 7.03. The van der Waals surface area contributed by atoms with Crippen molar-refractivity contribution in [1.82, 2.24) is 20.0 Å². The van der Waals surface area contributed by atoms with E-state index in [1.807, 2.05) is 26.0 Å². The van der Waals surface area contributed by atoms with Crippen molar-refractivity contribution in [3.8, 4) is 0 Å². The summed E-state index contributed by atoms with van der Waals surface area (Å²) in [6.07, 6.45) is 5.10. The summed E-state index contributed by atoms with van der Waals surface area (Å²) in [5, 5.41) is 7.61. The summed E-state index contributed by atoms with van der Waals surface area (Å²) in [5.74, 6) is 0.829. The van der Waals surface area contributed by atoms with E-state index in [0.717, 1.165) is 37.4 Å². The first-order chi connectivity index (χ1) is 12.0. The highest BCUT2D eigenvalue weighted by Crippen LogP contribution is 2.19. The zero-order valence-electron chi connectivity index (χ0n) is 15.4. The number of carbonyl (C=O) groups is 1. The van der Waals surface area contributed by atoms with E-state index in [4.69, 9.17) is 4.42 Å². The Kier molecular flexibility index (Phi) is 5.58. The van der Waals surface area contributed by atoms with Gasteiger partial charge in [-0.1, -0.05) is 6.42 Å². The molecular formula is C19H28N4O2. The monoisotopic (exact) mass is 344 g/mol. The van der Waals surface area contributed by atoms with Crippen LogP contribution in [0.15, 0.2) is 28.9 Å². The molecule has 2 aromatic rings. The highest BCUT2D eigenvalue weighted by atomic mass is 16.3. The van der Waals surface area contributed by atoms with Crippen molar-refractivity contribution in [3.05, 3.63) is 41.6 Å². The van der Waals surface area contributed by atoms with Gasteiger partial charge in [-0.3, -0.25) is 14.4 Å². The minimum atomic E-state index is -0.109. The predicted octanol–water partition coefficient (Wildman–Crippen LogP) is 2.82. The maximum Gasteiger partial charge on any atom is 0.234 e. The fraction of sp³-hybridized carbons (Fsp3) is 0.579. The highest BCUT2D eigenvalue weighted by molar-refractivity contribution is 5.78. The third kappa shape index (κ3) is 4.51. The lowest BCUT2D eigenvalue weighted by molar-refractivity contribution is -0.124. The van der Waals surface area contributed by atoms with E-state index >= 15 is 0 Å². The normalized spacial score (nSPS) is 19.7. The molecule has 0 bridgehead atoms. The van der Waals surface area contributed by atoms with Crippen molar-refractivity contribution in [2.45, 2.75) is 58.7 Å². The molecule has 3 heterocycles. The number of likely N-dealkylation sites (tertiary alicyclic amines) is 1. The number of hydrogen-bond acceptors (Lipinski definition) is 4. The molecule has 6 heteroatoms. The second-order valence-electron chi connectivity index (χ2n) is 7.03. The summed E-state index contributed by atoms with van der Waals surface area (Å²) in [6, 6.07) is 6.08. The van der Waals surface area contributed by atoms with Gasteiger partial charge in [-0.05, 0) is 58.4 Å². The molecule has 1 amide bonds. The fourth-order valence-corrected chi connectivity index (χ4v) is 3.61. The molecule has 0 saturated carbocycles. The van der Waals surface area contributed by atoms with Crippen molar-refractivity contribution in [1.29, 1.82) is 0 Å². The molecule has 3 rings (SSSR count). The Hall–Kier alpha value is -2.08. The molecule has 25 heavy (non-hydrogen) atoms. The Bertz CT molecular complexity index is 692. The van der Waals surface area contributed by atoms with Crippen molar-refractivity contribution in [3.63, 3.8) is 0 Å². The molecule has 0 spiro atoms. The van der Waals surface area contributed by atoms with Crippen LogP contribution in [0.5, 0.6) is 0 Å². The van der Waals surface area contributed by atoms with Crippen LogP contribution >= 0.6 is 0 Å². The van der Waals surface area contributed by atoms with Crippen LogP contribution in [0.2, 0.25) is 0 Å². The van der Waals surface area contributed by atoms with E-state index in [-0.39, 0.29) is 11.9 Å². The zero-order chi connectivity index (χ0) is 17.8. The van der Waals surface area contributed by atoms with Crippen LogP contribution in [0, 0.1) is 13.8 Å². The van der Waals surface area contributed by atoms with E-state index in [9.17, 15) is 4.79 Å². The summed E-state index contributed by atoms with van der Waals surface area (Å²) in [5.41, 5.74) is 2.23. The van der Waals surface area contributed by atoms with E-state index in [1.165, 1.54) is 12.1 Å². The van der Waals surface area contributed by atoms with Crippen molar-refractivity contribution in [2.75, 3.05) is 13.1 Å². The molecule has 0 unspecified atom stereocenters. The Morgan fingerprint density at radius 1 is 1.44 bits per heavy atom. The number of aryl methyl sites for hydroxylation is 2. The van der Waals surface area contributed by atoms with E-state index < -0.39 is 0 Å². The van der Waals surface area contributed by atoms with E-state index in [0.29, 0.717) is 12.6 Å². The number of rotatable bonds is 6. The summed E-state index contributed by atoms with van der Waals surface area (Å²) < 4.78 is 7.43. The first-order valence-electron chi connectivity index (χ1n) is 9.11. The number of piperidine rings is 1. The SMILES string of the molecule is Cc1cc(C)n(C[C@H]2CCCCN2CC(=O)N[C@H](C)c2ccco2)n1. The van der Waals surface area contributed by atoms with Gasteiger partial charge in [0.05, 0.1) is 31.1 Å². The summed E-state index contributed by atoms with van der Waals surface area (Å²) >= 11 is 0. The maximum atomic E-state index is 12.5. The van der Waals surface area contributed by atoms with Crippen molar-refractivity contribution >= 4 is 5.91 Å². The van der Waals surface area contributed by atoms with E-state index in [2.05, 4.69) is 33.0 Å². The lowest BCUT2D eigenvalue weighted by atomic mass is 10.0. The standard InChI is InChI=1S/C19H28N4O2/c1-14-11-15(2)23(21-14)12-17-7-4-5-9-22(17)13-19(24)20-16(3)18-8-6-10-25-18/h6,8,10-11,16-17H,4-5,7,9,12-13H2,1-3H3,(H,20,24)/t16-,17-/m1/s1. The van der Waals surface area contributed by atoms with Crippen LogP contribution in [0.25, 0.3) is 0 Å². The van der Waals surface area contributed by atoms with Crippen LogP contribution in [0.3, 0.4) is 0 Å². The Balaban J connectivity index is 1.59. The molecule has 136 valence electrons. The quantitative estimate of drug-likeness (QED) is 0.875. The molecular weight excluding hydrogens is 316 g/mol. The average molecular weight is 344 g/mol. The molecule has 2 aromatic heterocycles. The number of furan rings is 1. The number of nitrogens with zero attached hydrogens (tertiary/aromatic N) is 3. The topological polar surface area (TPSA) is 63.3 Å². The minimum Gasteiger partial charge on any atom is -0.467 e. The Labute approximate surface area is 149 Å². The molecule has 2 atom stereocenters. The van der Waals surface area contributed by atoms with Crippen molar-refractivity contribution in [2.24, 2.45) is 0 Å². The van der Waals surface area contributed by atoms with Gasteiger partial charge in [-0.2, -0.15) is 5.10 Å². The van der Waals surface area contributed by atoms with Crippen molar-refractivity contribution < 1.29 is 9.21 Å². The number of aromatic nitrogens is 2. The summed E-state index contributed by atoms with van der Waals surface area (Å²) in [6.45, 7) is 8.29. The average Bonchev–Trinajstić information content (AvgIpc) is 3.19. The smallest absolute Gasteiger partial charge is 0.234 e. The van der Waals surface area contributed by atoms with Gasteiger partial charge < -0.3 is 9.73 Å². The molecule has 1 aliphatic heterocycles. The third-order valence-corrected chi connectivity index (χ3v) is 4.93. The molecule has 0 aromatic carbocycles. The predicted molar refractivity (Wildman–Crippen MR) is 96.2 cm³/mol. The minimum absolute atomic E-state index is 0.0455. The largest absolute Gasteiger partial charge is 0.467 e. The Morgan fingerprint density at radius 3 is 2.96 bits per heavy atom. The van der Waals surface area contributed by atoms with Gasteiger partial charge in [0.15, 0.2) is 0 Å². The summed E-state index contributed by atoms with van der Waals surface area (Å²) in [7, 11) is 0. The molecule has 6 nitrogen and oxygen atoms in total. The number of nitrogens with one attached hydrogen (secondary N) is 1. The van der Waals surface area contributed by atoms with Gasteiger partial charge >= 0.3 is 0 Å². The van der Waals surface area contributed by atoms with Gasteiger partial charge in [-0.15, -0.1) is 0 Å². The zero-order valence-corrected chi connectivity index (χ0v) is 15.4. The van der Waals surface area contributed by atoms with Crippen LogP contribution in [0.1, 0.15) is 49.4 Å². The number of amides is 1. The fourth-order valence-electron chi connectivity index (χ4n) is 3.61. The van der Waals surface area contributed by atoms with Gasteiger partial charge in [-0.25, -0.2) is 0 Å². The number of carbonyl (C=O) groups excluding carboxylic acids is 1. The number of hydrogen-bond donors (Lipinski definition) is 1. The van der Waals surface area contributed by atoms with Gasteiger partial charge in [0.1, 0.15) is 5.76 Å². The molecule has 0 radical (unpaired) electrons. The van der Waals surface area contributed by atoms with E-state index in [1.54, 1.807) is 6.26 Å². The maximum absolute atomic E-state index is 12.5. The second kappa shape index (κ2) is 7.87. The molecule has 1 N–H and O–H groups in total. The van der Waals surface area contributed by atoms with Gasteiger partial charge in [0, 0.05) is 11.7 Å². The van der Waals surface area contributed by atoms with Crippen LogP contribution in [0.4, 0.5) is 0 Å². The first-order valence-corrected chi connectivity index (χ1v) is 9.11. The van der Waals surface area contributed by atoms with Gasteiger partial charge in [0.2, 0.25) is 5.91 Å². The molecule has 1 fully saturated rings. The van der Waals surface area contributed by atoms with Crippen LogP contribution < -0.4 is 5.32 Å². The molecule has 1 aliphatic rings. The van der Waals surface area contributed by atoms with Gasteiger partial charge in [0.25, 0.3) is 0 Å². The summed E-state index contributed by atoms with van der Waals surface area (Å²) in [4.78, 5) is 14.8. The lowest BCUT2D eigenvalue weighted by Gasteiger charge is -2.35. The lowest BCUT2D eigenvalue weighted by Crippen LogP contribution is -2.47. The molecule has 0 aliphatic carbocycles. The van der Waals surface area contributed by atoms with Crippen LogP contribution in [-0.2, 0) is 11.3 Å². The third-order valence-electron chi connectivity index (χ3n) is 4.93. The van der Waals surface area contributed by atoms with Crippen LogP contribution in [-0.4, -0.2) is 39.7 Å². The molecule has 1 saturated heterocycles. The Morgan fingerprint density at radius 2 is 2.28 bits per heavy atom. The first kappa shape index (κ1) is 17.7. The highest BCUT2D eigenvalue weighted by Gasteiger charge is 2.26.